The molecule has 1 heterocycles. The summed E-state index contributed by atoms with van der Waals surface area (Å²) in [5.74, 6) is 0. The molecule has 0 aliphatic rings. The summed E-state index contributed by atoms with van der Waals surface area (Å²) in [5.41, 5.74) is 0. The highest BCUT2D eigenvalue weighted by Gasteiger charge is 2.04. The lowest BCUT2D eigenvalue weighted by Crippen LogP contribution is -2.19. The maximum absolute atomic E-state index is 2.40. The second-order valence-corrected chi connectivity index (χ2v) is 11.1. The number of hydrogen-bond donors (Lipinski definition) is 0. The predicted octanol–water partition coefficient (Wildman–Crippen LogP) is 1.16. The van der Waals surface area contributed by atoms with Crippen LogP contribution in [0, 0.1) is 0 Å². The van der Waals surface area contributed by atoms with Crippen molar-refractivity contribution < 1.29 is 0 Å². The van der Waals surface area contributed by atoms with Gasteiger partial charge in [-0.1, -0.05) is 36.5 Å². The van der Waals surface area contributed by atoms with E-state index in [1.165, 1.54) is 0 Å². The van der Waals surface area contributed by atoms with Gasteiger partial charge < -0.3 is 0 Å². The second kappa shape index (κ2) is 4.93. The standard InChI is InChI=1S/C10H18SSi2/c1-5-8(2)12-9-6-7-10(11-9)13(3)4/h5-7,13H,12H2,1-4H3. The van der Waals surface area contributed by atoms with Crippen LogP contribution in [0.3, 0.4) is 0 Å². The zero-order valence-electron chi connectivity index (χ0n) is 8.92. The highest BCUT2D eigenvalue weighted by Crippen LogP contribution is 1.97. The predicted molar refractivity (Wildman–Crippen MR) is 70.4 cm³/mol. The molecule has 0 saturated heterocycles. The maximum atomic E-state index is 2.40. The number of allylic oxidation sites excluding steroid dienone is 2. The van der Waals surface area contributed by atoms with Gasteiger partial charge in [-0.3, -0.25) is 0 Å². The smallest absolute Gasteiger partial charge is 0.0942 e. The molecule has 0 unspecified atom stereocenters. The first-order chi connectivity index (χ1) is 6.13. The lowest BCUT2D eigenvalue weighted by Gasteiger charge is -1.97. The molecular weight excluding hydrogens is 208 g/mol. The van der Waals surface area contributed by atoms with Crippen LogP contribution in [-0.2, 0) is 0 Å². The molecule has 1 rings (SSSR count). The van der Waals surface area contributed by atoms with Gasteiger partial charge in [-0.15, -0.1) is 0 Å². The molecule has 13 heavy (non-hydrogen) atoms. The van der Waals surface area contributed by atoms with E-state index in [-0.39, 0.29) is 9.52 Å². The minimum atomic E-state index is -0.541. The van der Waals surface area contributed by atoms with Crippen molar-refractivity contribution in [2.45, 2.75) is 26.9 Å². The summed E-state index contributed by atoms with van der Waals surface area (Å²) in [6, 6.07) is 4.71. The summed E-state index contributed by atoms with van der Waals surface area (Å²) in [7, 11) is -0.637. The summed E-state index contributed by atoms with van der Waals surface area (Å²) >= 11 is 2.07. The van der Waals surface area contributed by atoms with E-state index in [4.69, 9.17) is 0 Å². The van der Waals surface area contributed by atoms with Gasteiger partial charge >= 0.3 is 0 Å². The molecule has 0 spiro atoms. The molecule has 0 aliphatic heterocycles. The molecule has 0 saturated carbocycles. The molecule has 0 atom stereocenters. The molecular formula is C10H18SSi2. The molecule has 0 N–H and O–H groups in total. The van der Waals surface area contributed by atoms with Crippen molar-refractivity contribution in [1.82, 2.24) is 0 Å². The average Bonchev–Trinajstić information content (AvgIpc) is 2.52. The normalized spacial score (nSPS) is 13.5. The lowest BCUT2D eigenvalue weighted by atomic mass is 10.6. The van der Waals surface area contributed by atoms with E-state index in [1.807, 2.05) is 0 Å². The van der Waals surface area contributed by atoms with E-state index >= 15 is 0 Å². The maximum Gasteiger partial charge on any atom is 0.0942 e. The van der Waals surface area contributed by atoms with Gasteiger partial charge in [0.05, 0.1) is 18.3 Å². The van der Waals surface area contributed by atoms with Gasteiger partial charge in [0.2, 0.25) is 0 Å². The zero-order valence-corrected chi connectivity index (χ0v) is 12.3. The van der Waals surface area contributed by atoms with Crippen LogP contribution >= 0.6 is 11.3 Å². The third-order valence-electron chi connectivity index (χ3n) is 2.20. The quantitative estimate of drug-likeness (QED) is 0.679. The molecule has 0 radical (unpaired) electrons. The summed E-state index contributed by atoms with van der Waals surface area (Å²) in [5, 5.41) is 1.61. The van der Waals surface area contributed by atoms with Crippen molar-refractivity contribution in [2.24, 2.45) is 0 Å². The van der Waals surface area contributed by atoms with Gasteiger partial charge in [-0.05, 0) is 22.8 Å². The molecule has 0 nitrogen and oxygen atoms in total. The number of thiophene rings is 1. The molecule has 0 aromatic carbocycles. The van der Waals surface area contributed by atoms with Crippen molar-refractivity contribution in [3.63, 3.8) is 0 Å². The van der Waals surface area contributed by atoms with Crippen molar-refractivity contribution in [2.75, 3.05) is 0 Å². The van der Waals surface area contributed by atoms with Gasteiger partial charge in [0.1, 0.15) is 0 Å². The van der Waals surface area contributed by atoms with Crippen LogP contribution in [0.15, 0.2) is 23.4 Å². The van der Waals surface area contributed by atoms with E-state index in [9.17, 15) is 0 Å². The van der Waals surface area contributed by atoms with Gasteiger partial charge in [0, 0.05) is 0 Å². The van der Waals surface area contributed by atoms with E-state index in [1.54, 1.807) is 14.2 Å². The molecule has 0 aliphatic carbocycles. The SMILES string of the molecule is CC=C(C)[SiH2]c1ccc([SiH](C)C)s1. The highest BCUT2D eigenvalue weighted by atomic mass is 32.1. The summed E-state index contributed by atoms with van der Waals surface area (Å²) < 4.78 is 3.33. The van der Waals surface area contributed by atoms with E-state index in [0.717, 1.165) is 0 Å². The Morgan fingerprint density at radius 3 is 2.62 bits per heavy atom. The van der Waals surface area contributed by atoms with Gasteiger partial charge in [-0.2, -0.15) is 11.3 Å². The first-order valence-electron chi connectivity index (χ1n) is 4.84. The van der Waals surface area contributed by atoms with Crippen LogP contribution in [-0.4, -0.2) is 18.3 Å². The fourth-order valence-electron chi connectivity index (χ4n) is 1.18. The van der Waals surface area contributed by atoms with E-state index in [2.05, 4.69) is 56.5 Å². The zero-order chi connectivity index (χ0) is 9.84. The van der Waals surface area contributed by atoms with E-state index in [0.29, 0.717) is 0 Å². The first kappa shape index (κ1) is 11.0. The van der Waals surface area contributed by atoms with Crippen LogP contribution in [0.1, 0.15) is 13.8 Å². The molecule has 0 bridgehead atoms. The Balaban J connectivity index is 2.69. The molecule has 72 valence electrons. The largest absolute Gasteiger partial charge is 0.155 e. The minimum Gasteiger partial charge on any atom is -0.155 e. The van der Waals surface area contributed by atoms with Gasteiger partial charge in [0.15, 0.2) is 0 Å². The minimum absolute atomic E-state index is 0.0963. The lowest BCUT2D eigenvalue weighted by molar-refractivity contribution is 1.58. The Labute approximate surface area is 89.1 Å². The average molecular weight is 226 g/mol. The second-order valence-electron chi connectivity index (χ2n) is 3.77. The molecule has 0 amide bonds. The summed E-state index contributed by atoms with van der Waals surface area (Å²) in [6.07, 6.45) is 2.26. The van der Waals surface area contributed by atoms with Crippen molar-refractivity contribution in [3.8, 4) is 0 Å². The highest BCUT2D eigenvalue weighted by molar-refractivity contribution is 7.30. The van der Waals surface area contributed by atoms with E-state index < -0.39 is 8.80 Å². The molecule has 3 heteroatoms. The molecule has 0 fully saturated rings. The van der Waals surface area contributed by atoms with Crippen LogP contribution in [0.2, 0.25) is 13.1 Å². The summed E-state index contributed by atoms with van der Waals surface area (Å²) in [6.45, 7) is 9.21. The Morgan fingerprint density at radius 2 is 2.15 bits per heavy atom. The van der Waals surface area contributed by atoms with Crippen molar-refractivity contribution >= 4 is 38.7 Å². The van der Waals surface area contributed by atoms with Crippen LogP contribution < -0.4 is 9.00 Å². The monoisotopic (exact) mass is 226 g/mol. The Hall–Kier alpha value is -0.126. The fourth-order valence-corrected chi connectivity index (χ4v) is 6.59. The molecule has 1 aromatic rings. The van der Waals surface area contributed by atoms with Crippen LogP contribution in [0.4, 0.5) is 0 Å². The fraction of sp³-hybridized carbons (Fsp3) is 0.400. The first-order valence-corrected chi connectivity index (χ1v) is 9.95. The summed E-state index contributed by atoms with van der Waals surface area (Å²) in [4.78, 5) is 0. The van der Waals surface area contributed by atoms with Crippen molar-refractivity contribution in [1.29, 1.82) is 0 Å². The van der Waals surface area contributed by atoms with Gasteiger partial charge in [0.25, 0.3) is 0 Å². The molecule has 1 aromatic heterocycles. The third-order valence-corrected chi connectivity index (χ3v) is 8.48. The third kappa shape index (κ3) is 3.25. The topological polar surface area (TPSA) is 0 Å². The Morgan fingerprint density at radius 1 is 1.46 bits per heavy atom. The Kier molecular flexibility index (Phi) is 4.15. The van der Waals surface area contributed by atoms with Crippen LogP contribution in [0.5, 0.6) is 0 Å². The van der Waals surface area contributed by atoms with Crippen molar-refractivity contribution in [3.05, 3.63) is 23.4 Å². The van der Waals surface area contributed by atoms with Crippen LogP contribution in [0.25, 0.3) is 0 Å². The Bertz CT molecular complexity index is 300. The number of rotatable bonds is 3. The number of hydrogen-bond acceptors (Lipinski definition) is 1. The van der Waals surface area contributed by atoms with Gasteiger partial charge in [-0.25, -0.2) is 0 Å².